The molecule has 2 nitrogen and oxygen atoms in total. The van der Waals surface area contributed by atoms with Crippen molar-refractivity contribution in [3.63, 3.8) is 0 Å². The second-order valence-electron chi connectivity index (χ2n) is 4.37. The molecule has 0 saturated carbocycles. The molecule has 0 unspecified atom stereocenters. The van der Waals surface area contributed by atoms with Crippen molar-refractivity contribution >= 4 is 33.2 Å². The summed E-state index contributed by atoms with van der Waals surface area (Å²) in [5, 5.41) is 1.75. The van der Waals surface area contributed by atoms with E-state index in [2.05, 4.69) is 29.2 Å². The van der Waals surface area contributed by atoms with Gasteiger partial charge in [-0.3, -0.25) is 0 Å². The van der Waals surface area contributed by atoms with Crippen LogP contribution < -0.4 is 5.73 Å². The third kappa shape index (κ3) is 2.63. The van der Waals surface area contributed by atoms with Crippen LogP contribution in [0.15, 0.2) is 42.5 Å². The average molecular weight is 289 g/mol. The van der Waals surface area contributed by atoms with E-state index in [4.69, 9.17) is 17.3 Å². The van der Waals surface area contributed by atoms with Gasteiger partial charge in [0, 0.05) is 10.6 Å². The summed E-state index contributed by atoms with van der Waals surface area (Å²) in [6.07, 6.45) is 0.912. The molecular weight excluding hydrogens is 276 g/mol. The van der Waals surface area contributed by atoms with E-state index in [-0.39, 0.29) is 0 Å². The number of fused-ring (bicyclic) bond motifs is 1. The summed E-state index contributed by atoms with van der Waals surface area (Å²) in [6, 6.07) is 14.2. The van der Waals surface area contributed by atoms with E-state index in [9.17, 15) is 0 Å². The normalized spacial score (nSPS) is 11.1. The van der Waals surface area contributed by atoms with Crippen molar-refractivity contribution in [2.45, 2.75) is 6.42 Å². The quantitative estimate of drug-likeness (QED) is 0.787. The number of benzene rings is 2. The highest BCUT2D eigenvalue weighted by molar-refractivity contribution is 7.21. The predicted octanol–water partition coefficient (Wildman–Crippen LogP) is 4.12. The summed E-state index contributed by atoms with van der Waals surface area (Å²) in [7, 11) is 0. The number of rotatable bonds is 3. The molecule has 4 heteroatoms. The molecule has 0 aliphatic carbocycles. The van der Waals surface area contributed by atoms with E-state index in [0.717, 1.165) is 32.2 Å². The maximum Gasteiger partial charge on any atom is 0.124 e. The third-order valence-electron chi connectivity index (χ3n) is 2.98. The Balaban J connectivity index is 1.99. The zero-order chi connectivity index (χ0) is 13.2. The number of hydrogen-bond acceptors (Lipinski definition) is 3. The molecule has 0 fully saturated rings. The fourth-order valence-electron chi connectivity index (χ4n) is 2.00. The second kappa shape index (κ2) is 5.29. The minimum Gasteiger partial charge on any atom is -0.330 e. The van der Waals surface area contributed by atoms with Crippen LogP contribution in [-0.4, -0.2) is 11.5 Å². The van der Waals surface area contributed by atoms with E-state index in [1.165, 1.54) is 5.56 Å². The summed E-state index contributed by atoms with van der Waals surface area (Å²) in [5.41, 5.74) is 8.91. The van der Waals surface area contributed by atoms with Crippen LogP contribution >= 0.6 is 22.9 Å². The van der Waals surface area contributed by atoms with Gasteiger partial charge in [-0.25, -0.2) is 4.98 Å². The number of nitrogens with two attached hydrogens (primary N) is 1. The molecule has 3 rings (SSSR count). The van der Waals surface area contributed by atoms with E-state index < -0.39 is 0 Å². The SMILES string of the molecule is NCCc1ccc(-c2nc3cc(Cl)ccc3s2)cc1. The fourth-order valence-corrected chi connectivity index (χ4v) is 3.12. The molecule has 3 aromatic rings. The molecular formula is C15H13ClN2S. The lowest BCUT2D eigenvalue weighted by Gasteiger charge is -2.00. The van der Waals surface area contributed by atoms with Crippen molar-refractivity contribution in [3.05, 3.63) is 53.1 Å². The Bertz CT molecular complexity index is 704. The van der Waals surface area contributed by atoms with Crippen LogP contribution in [0.1, 0.15) is 5.56 Å². The van der Waals surface area contributed by atoms with Crippen LogP contribution in [0.25, 0.3) is 20.8 Å². The molecule has 1 aromatic heterocycles. The number of thiazole rings is 1. The zero-order valence-corrected chi connectivity index (χ0v) is 11.8. The summed E-state index contributed by atoms with van der Waals surface area (Å²) in [4.78, 5) is 4.63. The largest absolute Gasteiger partial charge is 0.330 e. The zero-order valence-electron chi connectivity index (χ0n) is 10.3. The highest BCUT2D eigenvalue weighted by Crippen LogP contribution is 2.31. The van der Waals surface area contributed by atoms with Crippen molar-refractivity contribution in [1.29, 1.82) is 0 Å². The van der Waals surface area contributed by atoms with Gasteiger partial charge < -0.3 is 5.73 Å². The molecule has 0 bridgehead atoms. The second-order valence-corrected chi connectivity index (χ2v) is 5.83. The number of hydrogen-bond donors (Lipinski definition) is 1. The lowest BCUT2D eigenvalue weighted by Crippen LogP contribution is -2.02. The van der Waals surface area contributed by atoms with E-state index >= 15 is 0 Å². The maximum atomic E-state index is 5.98. The van der Waals surface area contributed by atoms with Gasteiger partial charge in [0.15, 0.2) is 0 Å². The van der Waals surface area contributed by atoms with Crippen LogP contribution in [0.5, 0.6) is 0 Å². The first-order valence-corrected chi connectivity index (χ1v) is 7.31. The molecule has 2 aromatic carbocycles. The first kappa shape index (κ1) is 12.6. The number of aromatic nitrogens is 1. The van der Waals surface area contributed by atoms with Gasteiger partial charge in [-0.05, 0) is 36.7 Å². The van der Waals surface area contributed by atoms with Crippen LogP contribution in [0.3, 0.4) is 0 Å². The molecule has 0 spiro atoms. The Morgan fingerprint density at radius 1 is 1.11 bits per heavy atom. The van der Waals surface area contributed by atoms with Crippen LogP contribution in [0, 0.1) is 0 Å². The molecule has 0 amide bonds. The van der Waals surface area contributed by atoms with E-state index in [0.29, 0.717) is 6.54 Å². The lowest BCUT2D eigenvalue weighted by atomic mass is 10.1. The van der Waals surface area contributed by atoms with Crippen LogP contribution in [-0.2, 0) is 6.42 Å². The molecule has 0 aliphatic heterocycles. The average Bonchev–Trinajstić information content (AvgIpc) is 2.83. The molecule has 0 aliphatic rings. The Hall–Kier alpha value is -1.42. The van der Waals surface area contributed by atoms with Gasteiger partial charge in [-0.15, -0.1) is 11.3 Å². The standard InChI is InChI=1S/C15H13ClN2S/c16-12-5-6-14-13(9-12)18-15(19-14)11-3-1-10(2-4-11)7-8-17/h1-6,9H,7-8,17H2. The van der Waals surface area contributed by atoms with Crippen molar-refractivity contribution in [2.24, 2.45) is 5.73 Å². The first-order valence-electron chi connectivity index (χ1n) is 6.12. The van der Waals surface area contributed by atoms with Gasteiger partial charge >= 0.3 is 0 Å². The van der Waals surface area contributed by atoms with Gasteiger partial charge in [0.2, 0.25) is 0 Å². The van der Waals surface area contributed by atoms with Crippen LogP contribution in [0.4, 0.5) is 0 Å². The minimum absolute atomic E-state index is 0.680. The smallest absolute Gasteiger partial charge is 0.124 e. The Kier molecular flexibility index (Phi) is 3.51. The summed E-state index contributed by atoms with van der Waals surface area (Å²) < 4.78 is 1.16. The molecule has 2 N–H and O–H groups in total. The van der Waals surface area contributed by atoms with Crippen LogP contribution in [0.2, 0.25) is 5.02 Å². The Labute approximate surface area is 120 Å². The predicted molar refractivity (Wildman–Crippen MR) is 82.8 cm³/mol. The molecule has 0 saturated heterocycles. The van der Waals surface area contributed by atoms with E-state index in [1.54, 1.807) is 11.3 Å². The first-order chi connectivity index (χ1) is 9.26. The lowest BCUT2D eigenvalue weighted by molar-refractivity contribution is 0.969. The molecule has 0 radical (unpaired) electrons. The van der Waals surface area contributed by atoms with Crippen molar-refractivity contribution in [2.75, 3.05) is 6.54 Å². The fraction of sp³-hybridized carbons (Fsp3) is 0.133. The van der Waals surface area contributed by atoms with Crippen molar-refractivity contribution in [1.82, 2.24) is 4.98 Å². The Morgan fingerprint density at radius 3 is 2.63 bits per heavy atom. The van der Waals surface area contributed by atoms with Gasteiger partial charge in [0.1, 0.15) is 5.01 Å². The maximum absolute atomic E-state index is 5.98. The van der Waals surface area contributed by atoms with Gasteiger partial charge in [-0.1, -0.05) is 35.9 Å². The van der Waals surface area contributed by atoms with Crippen molar-refractivity contribution < 1.29 is 0 Å². The molecule has 0 atom stereocenters. The highest BCUT2D eigenvalue weighted by atomic mass is 35.5. The topological polar surface area (TPSA) is 38.9 Å². The van der Waals surface area contributed by atoms with Crippen molar-refractivity contribution in [3.8, 4) is 10.6 Å². The Morgan fingerprint density at radius 2 is 1.89 bits per heavy atom. The molecule has 19 heavy (non-hydrogen) atoms. The number of halogens is 1. The summed E-state index contributed by atoms with van der Waals surface area (Å²) in [6.45, 7) is 0.680. The monoisotopic (exact) mass is 288 g/mol. The number of nitrogens with zero attached hydrogens (tertiary/aromatic N) is 1. The van der Waals surface area contributed by atoms with Gasteiger partial charge in [0.05, 0.1) is 10.2 Å². The van der Waals surface area contributed by atoms with Gasteiger partial charge in [-0.2, -0.15) is 0 Å². The summed E-state index contributed by atoms with van der Waals surface area (Å²) >= 11 is 7.67. The van der Waals surface area contributed by atoms with E-state index in [1.807, 2.05) is 18.2 Å². The van der Waals surface area contributed by atoms with Gasteiger partial charge in [0.25, 0.3) is 0 Å². The minimum atomic E-state index is 0.680. The third-order valence-corrected chi connectivity index (χ3v) is 4.30. The highest BCUT2D eigenvalue weighted by Gasteiger charge is 2.06. The molecule has 1 heterocycles. The molecule has 96 valence electrons. The summed E-state index contributed by atoms with van der Waals surface area (Å²) in [5.74, 6) is 0.